The number of aryl methyl sites for hydroxylation is 1. The first-order valence-corrected chi connectivity index (χ1v) is 7.84. The molecule has 1 N–H and O–H groups in total. The highest BCUT2D eigenvalue weighted by Gasteiger charge is 2.25. The Morgan fingerprint density at radius 2 is 2.32 bits per heavy atom. The third kappa shape index (κ3) is 3.50. The summed E-state index contributed by atoms with van der Waals surface area (Å²) in [5.74, 6) is 1.42. The fraction of sp³-hybridized carbons (Fsp3) is 0.389. The lowest BCUT2D eigenvalue weighted by atomic mass is 9.98. The van der Waals surface area contributed by atoms with Gasteiger partial charge in [0.15, 0.2) is 0 Å². The Bertz CT molecular complexity index is 622. The summed E-state index contributed by atoms with van der Waals surface area (Å²) >= 11 is 0. The molecule has 116 valence electrons. The van der Waals surface area contributed by atoms with E-state index < -0.39 is 0 Å². The monoisotopic (exact) mass is 298 g/mol. The third-order valence-corrected chi connectivity index (χ3v) is 4.13. The standard InChI is InChI=1S/C18H22N2O2/c1-14-4-2-6-17(10-14)22-13-15-5-3-9-20(12-15)18(21)16-7-8-19-11-16/h2,4,6-8,10-11,15,19H,3,5,9,12-13H2,1H3/t15-/m0/s1. The number of hydrogen-bond acceptors (Lipinski definition) is 2. The highest BCUT2D eigenvalue weighted by Crippen LogP contribution is 2.21. The van der Waals surface area contributed by atoms with Crippen LogP contribution in [0.15, 0.2) is 42.7 Å². The van der Waals surface area contributed by atoms with Gasteiger partial charge in [-0.25, -0.2) is 0 Å². The third-order valence-electron chi connectivity index (χ3n) is 4.13. The van der Waals surface area contributed by atoms with Crippen molar-refractivity contribution in [3.63, 3.8) is 0 Å². The van der Waals surface area contributed by atoms with E-state index in [0.717, 1.165) is 37.2 Å². The summed E-state index contributed by atoms with van der Waals surface area (Å²) in [6, 6.07) is 9.93. The molecule has 1 fully saturated rings. The lowest BCUT2D eigenvalue weighted by molar-refractivity contribution is 0.0633. The molecule has 2 aromatic rings. The molecule has 22 heavy (non-hydrogen) atoms. The molecule has 0 bridgehead atoms. The van der Waals surface area contributed by atoms with Gasteiger partial charge in [-0.3, -0.25) is 4.79 Å². The number of piperidine rings is 1. The number of ether oxygens (including phenoxy) is 1. The number of carbonyl (C=O) groups is 1. The Balaban J connectivity index is 1.55. The molecule has 0 spiro atoms. The molecule has 0 aliphatic carbocycles. The molecule has 1 saturated heterocycles. The van der Waals surface area contributed by atoms with E-state index in [1.54, 1.807) is 12.4 Å². The van der Waals surface area contributed by atoms with Crippen LogP contribution in [0.25, 0.3) is 0 Å². The van der Waals surface area contributed by atoms with Crippen molar-refractivity contribution in [2.45, 2.75) is 19.8 Å². The summed E-state index contributed by atoms with van der Waals surface area (Å²) in [4.78, 5) is 17.3. The predicted molar refractivity (Wildman–Crippen MR) is 86.1 cm³/mol. The van der Waals surface area contributed by atoms with Crippen molar-refractivity contribution in [3.8, 4) is 5.75 Å². The van der Waals surface area contributed by atoms with Crippen LogP contribution in [-0.4, -0.2) is 35.5 Å². The lowest BCUT2D eigenvalue weighted by Gasteiger charge is -2.32. The van der Waals surface area contributed by atoms with Gasteiger partial charge in [0, 0.05) is 31.4 Å². The van der Waals surface area contributed by atoms with Crippen LogP contribution >= 0.6 is 0 Å². The maximum absolute atomic E-state index is 12.4. The van der Waals surface area contributed by atoms with Gasteiger partial charge >= 0.3 is 0 Å². The number of amides is 1. The highest BCUT2D eigenvalue weighted by molar-refractivity contribution is 5.94. The van der Waals surface area contributed by atoms with Gasteiger partial charge in [-0.2, -0.15) is 0 Å². The van der Waals surface area contributed by atoms with E-state index in [9.17, 15) is 4.79 Å². The maximum Gasteiger partial charge on any atom is 0.255 e. The van der Waals surface area contributed by atoms with E-state index in [2.05, 4.69) is 18.0 Å². The molecule has 2 heterocycles. The van der Waals surface area contributed by atoms with Crippen molar-refractivity contribution in [1.29, 1.82) is 0 Å². The van der Waals surface area contributed by atoms with Crippen LogP contribution in [0.2, 0.25) is 0 Å². The van der Waals surface area contributed by atoms with E-state index in [4.69, 9.17) is 4.74 Å². The number of aromatic amines is 1. The first kappa shape index (κ1) is 14.7. The molecule has 1 aromatic heterocycles. The van der Waals surface area contributed by atoms with Crippen molar-refractivity contribution in [2.24, 2.45) is 5.92 Å². The molecule has 1 atom stereocenters. The van der Waals surface area contributed by atoms with Crippen LogP contribution in [0.5, 0.6) is 5.75 Å². The first-order valence-electron chi connectivity index (χ1n) is 7.84. The summed E-state index contributed by atoms with van der Waals surface area (Å²) in [7, 11) is 0. The van der Waals surface area contributed by atoms with E-state index in [-0.39, 0.29) is 5.91 Å². The maximum atomic E-state index is 12.4. The van der Waals surface area contributed by atoms with E-state index in [1.807, 2.05) is 29.2 Å². The lowest BCUT2D eigenvalue weighted by Crippen LogP contribution is -2.41. The minimum absolute atomic E-state index is 0.113. The summed E-state index contributed by atoms with van der Waals surface area (Å²) < 4.78 is 5.90. The number of benzene rings is 1. The van der Waals surface area contributed by atoms with E-state index in [1.165, 1.54) is 5.56 Å². The van der Waals surface area contributed by atoms with Crippen LogP contribution < -0.4 is 4.74 Å². The molecular formula is C18H22N2O2. The largest absolute Gasteiger partial charge is 0.493 e. The number of rotatable bonds is 4. The number of H-pyrrole nitrogens is 1. The normalized spacial score (nSPS) is 18.2. The molecule has 1 aromatic carbocycles. The van der Waals surface area contributed by atoms with Gasteiger partial charge in [0.2, 0.25) is 0 Å². The van der Waals surface area contributed by atoms with Gasteiger partial charge in [0.25, 0.3) is 5.91 Å². The fourth-order valence-electron chi connectivity index (χ4n) is 2.94. The Labute approximate surface area is 131 Å². The second-order valence-electron chi connectivity index (χ2n) is 5.99. The molecule has 0 radical (unpaired) electrons. The molecule has 1 aliphatic rings. The fourth-order valence-corrected chi connectivity index (χ4v) is 2.94. The van der Waals surface area contributed by atoms with Crippen molar-refractivity contribution < 1.29 is 9.53 Å². The molecule has 4 nitrogen and oxygen atoms in total. The van der Waals surface area contributed by atoms with E-state index >= 15 is 0 Å². The summed E-state index contributed by atoms with van der Waals surface area (Å²) in [6.45, 7) is 4.34. The quantitative estimate of drug-likeness (QED) is 0.941. The number of carbonyl (C=O) groups excluding carboxylic acids is 1. The first-order chi connectivity index (χ1) is 10.7. The molecular weight excluding hydrogens is 276 g/mol. The van der Waals surface area contributed by atoms with Crippen LogP contribution in [0, 0.1) is 12.8 Å². The molecule has 3 rings (SSSR count). The minimum atomic E-state index is 0.113. The summed E-state index contributed by atoms with van der Waals surface area (Å²) in [5.41, 5.74) is 1.94. The smallest absolute Gasteiger partial charge is 0.255 e. The minimum Gasteiger partial charge on any atom is -0.493 e. The Morgan fingerprint density at radius 3 is 3.09 bits per heavy atom. The van der Waals surface area contributed by atoms with Gasteiger partial charge < -0.3 is 14.6 Å². The number of aromatic nitrogens is 1. The van der Waals surface area contributed by atoms with Crippen molar-refractivity contribution in [3.05, 3.63) is 53.9 Å². The van der Waals surface area contributed by atoms with Crippen molar-refractivity contribution in [2.75, 3.05) is 19.7 Å². The van der Waals surface area contributed by atoms with Crippen molar-refractivity contribution in [1.82, 2.24) is 9.88 Å². The summed E-state index contributed by atoms with van der Waals surface area (Å²) in [6.07, 6.45) is 5.70. The summed E-state index contributed by atoms with van der Waals surface area (Å²) in [5, 5.41) is 0. The van der Waals surface area contributed by atoms with Crippen LogP contribution in [0.1, 0.15) is 28.8 Å². The number of likely N-dealkylation sites (tertiary alicyclic amines) is 1. The number of nitrogens with one attached hydrogen (secondary N) is 1. The second-order valence-corrected chi connectivity index (χ2v) is 5.99. The van der Waals surface area contributed by atoms with Gasteiger partial charge in [-0.1, -0.05) is 12.1 Å². The predicted octanol–water partition coefficient (Wildman–Crippen LogP) is 3.25. The zero-order valence-corrected chi connectivity index (χ0v) is 12.9. The second kappa shape index (κ2) is 6.69. The molecule has 1 aliphatic heterocycles. The van der Waals surface area contributed by atoms with Gasteiger partial charge in [0.05, 0.1) is 12.2 Å². The van der Waals surface area contributed by atoms with Gasteiger partial charge in [0.1, 0.15) is 5.75 Å². The average Bonchev–Trinajstić information content (AvgIpc) is 3.07. The van der Waals surface area contributed by atoms with Crippen LogP contribution in [0.3, 0.4) is 0 Å². The van der Waals surface area contributed by atoms with E-state index in [0.29, 0.717) is 12.5 Å². The highest BCUT2D eigenvalue weighted by atomic mass is 16.5. The number of hydrogen-bond donors (Lipinski definition) is 1. The number of nitrogens with zero attached hydrogens (tertiary/aromatic N) is 1. The molecule has 4 heteroatoms. The molecule has 1 amide bonds. The van der Waals surface area contributed by atoms with Crippen LogP contribution in [-0.2, 0) is 0 Å². The molecule has 0 unspecified atom stereocenters. The average molecular weight is 298 g/mol. The zero-order valence-electron chi connectivity index (χ0n) is 12.9. The van der Waals surface area contributed by atoms with Crippen molar-refractivity contribution >= 4 is 5.91 Å². The topological polar surface area (TPSA) is 45.3 Å². The Kier molecular flexibility index (Phi) is 4.47. The SMILES string of the molecule is Cc1cccc(OC[C@H]2CCCN(C(=O)c3cc[nH]c3)C2)c1. The Hall–Kier alpha value is -2.23. The van der Waals surface area contributed by atoms with Crippen LogP contribution in [0.4, 0.5) is 0 Å². The zero-order chi connectivity index (χ0) is 15.4. The molecule has 0 saturated carbocycles. The Morgan fingerprint density at radius 1 is 1.41 bits per heavy atom. The van der Waals surface area contributed by atoms with Gasteiger partial charge in [-0.15, -0.1) is 0 Å². The van der Waals surface area contributed by atoms with Gasteiger partial charge in [-0.05, 0) is 43.5 Å².